The van der Waals surface area contributed by atoms with Crippen molar-refractivity contribution in [3.63, 3.8) is 0 Å². The van der Waals surface area contributed by atoms with Gasteiger partial charge in [0.05, 0.1) is 10.6 Å². The third-order valence-corrected chi connectivity index (χ3v) is 6.47. The van der Waals surface area contributed by atoms with E-state index in [1.807, 2.05) is 53.0 Å². The summed E-state index contributed by atoms with van der Waals surface area (Å²) in [5.41, 5.74) is 2.26. The monoisotopic (exact) mass is 483 g/mol. The molecule has 5 nitrogen and oxygen atoms in total. The normalized spacial score (nSPS) is 15.4. The highest BCUT2D eigenvalue weighted by atomic mass is 35.5. The van der Waals surface area contributed by atoms with Crippen LogP contribution < -0.4 is 10.2 Å². The predicted octanol–water partition coefficient (Wildman–Crippen LogP) is 5.68. The van der Waals surface area contributed by atoms with Gasteiger partial charge in [-0.15, -0.1) is 0 Å². The fourth-order valence-corrected chi connectivity index (χ4v) is 4.49. The van der Waals surface area contributed by atoms with E-state index in [0.29, 0.717) is 35.8 Å². The fraction of sp³-hybridized carbons (Fsp3) is 0.125. The molecule has 1 aromatic heterocycles. The van der Waals surface area contributed by atoms with Crippen LogP contribution in [0.3, 0.4) is 0 Å². The van der Waals surface area contributed by atoms with E-state index < -0.39 is 0 Å². The van der Waals surface area contributed by atoms with Gasteiger partial charge in [-0.3, -0.25) is 9.59 Å². The zero-order valence-electron chi connectivity index (χ0n) is 16.9. The molecule has 1 aromatic carbocycles. The molecule has 162 valence electrons. The lowest BCUT2D eigenvalue weighted by Crippen LogP contribution is -2.26. The molecule has 0 unspecified atom stereocenters. The van der Waals surface area contributed by atoms with Crippen LogP contribution in [0.2, 0.25) is 10.0 Å². The summed E-state index contributed by atoms with van der Waals surface area (Å²) in [7, 11) is 0. The highest BCUT2D eigenvalue weighted by Crippen LogP contribution is 2.34. The number of hydrogen-bond donors (Lipinski definition) is 1. The minimum Gasteiger partial charge on any atom is -0.352 e. The Morgan fingerprint density at radius 3 is 2.88 bits per heavy atom. The average molecular weight is 484 g/mol. The number of ketones is 1. The van der Waals surface area contributed by atoms with E-state index in [9.17, 15) is 9.59 Å². The van der Waals surface area contributed by atoms with Gasteiger partial charge in [-0.05, 0) is 41.2 Å². The lowest BCUT2D eigenvalue weighted by molar-refractivity contribution is -0.114. The molecule has 32 heavy (non-hydrogen) atoms. The summed E-state index contributed by atoms with van der Waals surface area (Å²) in [5.74, 6) is 0.347. The van der Waals surface area contributed by atoms with E-state index in [-0.39, 0.29) is 16.7 Å². The van der Waals surface area contributed by atoms with Crippen LogP contribution in [0.4, 0.5) is 5.82 Å². The third-order valence-electron chi connectivity index (χ3n) is 4.92. The van der Waals surface area contributed by atoms with Crippen LogP contribution in [0.1, 0.15) is 22.3 Å². The Morgan fingerprint density at radius 1 is 1.22 bits per heavy atom. The Bertz CT molecular complexity index is 1190. The molecule has 0 spiro atoms. The maximum atomic E-state index is 12.8. The van der Waals surface area contributed by atoms with Crippen molar-refractivity contribution < 1.29 is 9.59 Å². The maximum absolute atomic E-state index is 12.8. The smallest absolute Gasteiger partial charge is 0.253 e. The lowest BCUT2D eigenvalue weighted by Gasteiger charge is -2.22. The summed E-state index contributed by atoms with van der Waals surface area (Å²) in [5, 5.41) is 5.75. The molecule has 2 aliphatic rings. The minimum absolute atomic E-state index is 0.0745. The number of halogens is 2. The number of anilines is 1. The summed E-state index contributed by atoms with van der Waals surface area (Å²) in [6, 6.07) is 9.20. The average Bonchev–Trinajstić information content (AvgIpc) is 2.80. The Hall–Kier alpha value is -2.80. The number of nitrogens with zero attached hydrogens (tertiary/aromatic N) is 2. The van der Waals surface area contributed by atoms with Gasteiger partial charge in [-0.1, -0.05) is 65.3 Å². The van der Waals surface area contributed by atoms with Gasteiger partial charge in [0.2, 0.25) is 0 Å². The van der Waals surface area contributed by atoms with Crippen LogP contribution in [0.25, 0.3) is 0 Å². The number of rotatable bonds is 6. The second kappa shape index (κ2) is 10.2. The quantitative estimate of drug-likeness (QED) is 0.572. The molecule has 0 atom stereocenters. The number of benzene rings is 1. The second-order valence-corrected chi connectivity index (χ2v) is 8.88. The van der Waals surface area contributed by atoms with Gasteiger partial charge in [0, 0.05) is 41.5 Å². The summed E-state index contributed by atoms with van der Waals surface area (Å²) < 4.78 is 0. The summed E-state index contributed by atoms with van der Waals surface area (Å²) in [6.45, 7) is 0.427. The first-order valence-corrected chi connectivity index (χ1v) is 11.6. The van der Waals surface area contributed by atoms with E-state index in [1.54, 1.807) is 18.2 Å². The predicted molar refractivity (Wildman–Crippen MR) is 131 cm³/mol. The van der Waals surface area contributed by atoms with Gasteiger partial charge < -0.3 is 10.2 Å². The van der Waals surface area contributed by atoms with Crippen molar-refractivity contribution in [2.24, 2.45) is 0 Å². The van der Waals surface area contributed by atoms with Gasteiger partial charge in [-0.2, -0.15) is 0 Å². The van der Waals surface area contributed by atoms with Crippen LogP contribution in [0.15, 0.2) is 83.0 Å². The zero-order chi connectivity index (χ0) is 22.5. The number of aromatic nitrogens is 1. The molecule has 2 heterocycles. The van der Waals surface area contributed by atoms with E-state index >= 15 is 0 Å². The molecular weight excluding hydrogens is 465 g/mol. The van der Waals surface area contributed by atoms with Crippen molar-refractivity contribution in [3.05, 3.63) is 104 Å². The molecule has 1 aliphatic carbocycles. The number of thioether (sulfide) groups is 1. The van der Waals surface area contributed by atoms with E-state index in [1.165, 1.54) is 18.0 Å². The molecule has 1 aliphatic heterocycles. The van der Waals surface area contributed by atoms with Crippen molar-refractivity contribution in [2.45, 2.75) is 12.8 Å². The Morgan fingerprint density at radius 2 is 2.06 bits per heavy atom. The van der Waals surface area contributed by atoms with Gasteiger partial charge in [-0.25, -0.2) is 4.98 Å². The molecule has 8 heteroatoms. The molecule has 0 saturated heterocycles. The van der Waals surface area contributed by atoms with Crippen LogP contribution >= 0.6 is 35.0 Å². The summed E-state index contributed by atoms with van der Waals surface area (Å²) >= 11 is 14.0. The van der Waals surface area contributed by atoms with Crippen molar-refractivity contribution in [1.29, 1.82) is 0 Å². The van der Waals surface area contributed by atoms with Gasteiger partial charge in [0.15, 0.2) is 5.78 Å². The van der Waals surface area contributed by atoms with Crippen molar-refractivity contribution in [2.75, 3.05) is 11.4 Å². The molecule has 2 aromatic rings. The number of pyridine rings is 1. The van der Waals surface area contributed by atoms with E-state index in [2.05, 4.69) is 10.3 Å². The molecule has 1 amide bonds. The number of carbonyl (C=O) groups is 2. The molecule has 1 N–H and O–H groups in total. The maximum Gasteiger partial charge on any atom is 0.253 e. The van der Waals surface area contributed by atoms with Crippen molar-refractivity contribution in [3.8, 4) is 0 Å². The van der Waals surface area contributed by atoms with Crippen LogP contribution in [-0.4, -0.2) is 23.2 Å². The zero-order valence-corrected chi connectivity index (χ0v) is 19.3. The first-order chi connectivity index (χ1) is 15.5. The topological polar surface area (TPSA) is 62.3 Å². The highest BCUT2D eigenvalue weighted by Gasteiger charge is 2.18. The number of hydrogen-bond acceptors (Lipinski definition) is 5. The number of amides is 1. The van der Waals surface area contributed by atoms with Crippen molar-refractivity contribution >= 4 is 52.5 Å². The summed E-state index contributed by atoms with van der Waals surface area (Å²) in [4.78, 5) is 31.6. The number of nitrogens with one attached hydrogen (secondary N) is 1. The number of carbonyl (C=O) groups excluding carboxylic acids is 2. The third kappa shape index (κ3) is 5.33. The molecule has 4 rings (SSSR count). The number of allylic oxidation sites excluding steroid dienone is 4. The fourth-order valence-electron chi connectivity index (χ4n) is 3.27. The standard InChI is InChI=1S/C24H19Cl2N3O2S/c25-20-7-2-1-4-16(20)8-9-27-24(31)19-13-23(28-14-21(19)26)29-10-11-32-22(15-29)17-5-3-6-18(30)12-17/h1-7,10-11,13-15H,8-9,12H2,(H,27,31). The minimum atomic E-state index is -0.281. The van der Waals surface area contributed by atoms with Crippen LogP contribution in [0.5, 0.6) is 0 Å². The molecule has 0 saturated carbocycles. The van der Waals surface area contributed by atoms with Gasteiger partial charge >= 0.3 is 0 Å². The summed E-state index contributed by atoms with van der Waals surface area (Å²) in [6.07, 6.45) is 11.5. The Labute approximate surface area is 200 Å². The molecule has 0 radical (unpaired) electrons. The first kappa shape index (κ1) is 22.4. The highest BCUT2D eigenvalue weighted by molar-refractivity contribution is 8.06. The first-order valence-electron chi connectivity index (χ1n) is 9.92. The van der Waals surface area contributed by atoms with Gasteiger partial charge in [0.25, 0.3) is 5.91 Å². The van der Waals surface area contributed by atoms with Crippen LogP contribution in [-0.2, 0) is 11.2 Å². The van der Waals surface area contributed by atoms with Crippen molar-refractivity contribution in [1.82, 2.24) is 10.3 Å². The van der Waals surface area contributed by atoms with E-state index in [0.717, 1.165) is 16.0 Å². The lowest BCUT2D eigenvalue weighted by atomic mass is 10.0. The molecular formula is C24H19Cl2N3O2S. The largest absolute Gasteiger partial charge is 0.352 e. The Balaban J connectivity index is 1.47. The van der Waals surface area contributed by atoms with Crippen LogP contribution in [0, 0.1) is 0 Å². The molecule has 0 fully saturated rings. The second-order valence-electron chi connectivity index (χ2n) is 7.12. The SMILES string of the molecule is O=C1C=CC=C(C2=CN(c3cc(C(=O)NCCc4ccccc4Cl)c(Cl)cn3)C=CS2)C1. The molecule has 0 bridgehead atoms. The van der Waals surface area contributed by atoms with E-state index in [4.69, 9.17) is 23.2 Å². The Kier molecular flexibility index (Phi) is 7.15. The van der Waals surface area contributed by atoms with Gasteiger partial charge in [0.1, 0.15) is 5.82 Å².